The van der Waals surface area contributed by atoms with Crippen molar-refractivity contribution in [1.82, 2.24) is 4.90 Å². The lowest BCUT2D eigenvalue weighted by Crippen LogP contribution is -2.47. The predicted octanol–water partition coefficient (Wildman–Crippen LogP) is 2.76. The summed E-state index contributed by atoms with van der Waals surface area (Å²) >= 11 is 0. The first-order chi connectivity index (χ1) is 9.13. The van der Waals surface area contributed by atoms with E-state index in [0.717, 1.165) is 38.0 Å². The largest absolute Gasteiger partial charge is 0.377 e. The summed E-state index contributed by atoms with van der Waals surface area (Å²) in [5.74, 6) is 0.227. The van der Waals surface area contributed by atoms with Crippen molar-refractivity contribution < 1.29 is 9.53 Å². The lowest BCUT2D eigenvalue weighted by atomic mass is 9.94. The van der Waals surface area contributed by atoms with Crippen molar-refractivity contribution >= 4 is 5.78 Å². The van der Waals surface area contributed by atoms with Crippen LogP contribution in [0.15, 0.2) is 30.3 Å². The Labute approximate surface area is 115 Å². The van der Waals surface area contributed by atoms with E-state index in [2.05, 4.69) is 11.8 Å². The van der Waals surface area contributed by atoms with Crippen LogP contribution >= 0.6 is 0 Å². The van der Waals surface area contributed by atoms with E-state index in [1.165, 1.54) is 0 Å². The van der Waals surface area contributed by atoms with Gasteiger partial charge in [-0.3, -0.25) is 4.79 Å². The summed E-state index contributed by atoms with van der Waals surface area (Å²) in [7, 11) is 1.78. The fourth-order valence-corrected chi connectivity index (χ4v) is 2.69. The molecular formula is C16H23NO2. The molecule has 0 aliphatic carbocycles. The predicted molar refractivity (Wildman–Crippen MR) is 76.5 cm³/mol. The minimum absolute atomic E-state index is 0.0476. The van der Waals surface area contributed by atoms with Gasteiger partial charge in [-0.25, -0.2) is 0 Å². The van der Waals surface area contributed by atoms with Crippen LogP contribution in [-0.2, 0) is 4.74 Å². The number of hydrogen-bond donors (Lipinski definition) is 0. The number of piperidine rings is 1. The number of Topliss-reactive ketones (excluding diaryl/α,β-unsaturated/α-hetero) is 1. The van der Waals surface area contributed by atoms with Crippen molar-refractivity contribution in [3.63, 3.8) is 0 Å². The number of carbonyl (C=O) groups is 1. The van der Waals surface area contributed by atoms with Crippen LogP contribution in [0.5, 0.6) is 0 Å². The fourth-order valence-electron chi connectivity index (χ4n) is 2.69. The van der Waals surface area contributed by atoms with E-state index in [-0.39, 0.29) is 11.4 Å². The highest BCUT2D eigenvalue weighted by atomic mass is 16.5. The third kappa shape index (κ3) is 3.88. The average molecular weight is 261 g/mol. The molecule has 1 aliphatic heterocycles. The number of ketones is 1. The van der Waals surface area contributed by atoms with Crippen LogP contribution < -0.4 is 0 Å². The van der Waals surface area contributed by atoms with E-state index >= 15 is 0 Å². The van der Waals surface area contributed by atoms with Gasteiger partial charge in [0.25, 0.3) is 0 Å². The van der Waals surface area contributed by atoms with E-state index in [9.17, 15) is 4.79 Å². The van der Waals surface area contributed by atoms with Crippen LogP contribution in [0.4, 0.5) is 0 Å². The Morgan fingerprint density at radius 1 is 1.37 bits per heavy atom. The summed E-state index contributed by atoms with van der Waals surface area (Å²) in [5.41, 5.74) is 0.766. The molecule has 0 spiro atoms. The fraction of sp³-hybridized carbons (Fsp3) is 0.562. The van der Waals surface area contributed by atoms with E-state index < -0.39 is 0 Å². The first-order valence-corrected chi connectivity index (χ1v) is 6.99. The Balaban J connectivity index is 1.84. The molecule has 1 saturated heterocycles. The number of hydrogen-bond acceptors (Lipinski definition) is 3. The molecule has 1 aromatic rings. The van der Waals surface area contributed by atoms with E-state index in [4.69, 9.17) is 4.74 Å². The number of nitrogens with zero attached hydrogens (tertiary/aromatic N) is 1. The van der Waals surface area contributed by atoms with Gasteiger partial charge < -0.3 is 9.64 Å². The van der Waals surface area contributed by atoms with Crippen LogP contribution in [0.3, 0.4) is 0 Å². The quantitative estimate of drug-likeness (QED) is 0.763. The second kappa shape index (κ2) is 6.31. The van der Waals surface area contributed by atoms with Crippen molar-refractivity contribution in [3.8, 4) is 0 Å². The topological polar surface area (TPSA) is 29.5 Å². The average Bonchev–Trinajstić information content (AvgIpc) is 2.46. The van der Waals surface area contributed by atoms with E-state index in [1.54, 1.807) is 7.11 Å². The second-order valence-corrected chi connectivity index (χ2v) is 5.57. The zero-order valence-electron chi connectivity index (χ0n) is 11.9. The van der Waals surface area contributed by atoms with Gasteiger partial charge in [0.05, 0.1) is 5.60 Å². The molecule has 104 valence electrons. The van der Waals surface area contributed by atoms with Crippen molar-refractivity contribution in [2.45, 2.75) is 31.8 Å². The standard InChI is InChI=1S/C16H23NO2/c1-16(19-2)10-6-11-17(13-16)12-9-15(18)14-7-4-3-5-8-14/h3-5,7-8H,6,9-13H2,1-2H3. The van der Waals surface area contributed by atoms with E-state index in [0.29, 0.717) is 6.42 Å². The molecule has 3 nitrogen and oxygen atoms in total. The Hall–Kier alpha value is -1.19. The van der Waals surface area contributed by atoms with Crippen molar-refractivity contribution in [1.29, 1.82) is 0 Å². The van der Waals surface area contributed by atoms with Gasteiger partial charge in [0.15, 0.2) is 5.78 Å². The van der Waals surface area contributed by atoms with Crippen molar-refractivity contribution in [2.24, 2.45) is 0 Å². The Bertz CT molecular complexity index is 418. The van der Waals surface area contributed by atoms with Crippen LogP contribution in [0.2, 0.25) is 0 Å². The highest BCUT2D eigenvalue weighted by Crippen LogP contribution is 2.23. The maximum absolute atomic E-state index is 12.1. The van der Waals surface area contributed by atoms with Gasteiger partial charge in [0.1, 0.15) is 0 Å². The lowest BCUT2D eigenvalue weighted by molar-refractivity contribution is -0.0503. The number of rotatable bonds is 5. The van der Waals surface area contributed by atoms with Gasteiger partial charge in [0, 0.05) is 32.2 Å². The molecule has 0 amide bonds. The van der Waals surface area contributed by atoms with Crippen LogP contribution in [-0.4, -0.2) is 43.0 Å². The van der Waals surface area contributed by atoms with Gasteiger partial charge in [0.2, 0.25) is 0 Å². The summed E-state index contributed by atoms with van der Waals surface area (Å²) in [6.07, 6.45) is 2.83. The number of methoxy groups -OCH3 is 1. The van der Waals surface area contributed by atoms with Crippen molar-refractivity contribution in [3.05, 3.63) is 35.9 Å². The molecule has 0 saturated carbocycles. The Kier molecular flexibility index (Phi) is 4.72. The minimum atomic E-state index is -0.0476. The number of likely N-dealkylation sites (tertiary alicyclic amines) is 1. The van der Waals surface area contributed by atoms with Gasteiger partial charge >= 0.3 is 0 Å². The maximum atomic E-state index is 12.1. The molecule has 0 aromatic heterocycles. The maximum Gasteiger partial charge on any atom is 0.164 e. The summed E-state index contributed by atoms with van der Waals surface area (Å²) in [6.45, 7) is 4.97. The number of benzene rings is 1. The highest BCUT2D eigenvalue weighted by molar-refractivity contribution is 5.96. The molecule has 1 aliphatic rings. The normalized spacial score (nSPS) is 24.3. The second-order valence-electron chi connectivity index (χ2n) is 5.57. The SMILES string of the molecule is COC1(C)CCCN(CCC(=O)c2ccccc2)C1. The third-order valence-electron chi connectivity index (χ3n) is 3.98. The minimum Gasteiger partial charge on any atom is -0.377 e. The zero-order chi connectivity index (χ0) is 13.7. The van der Waals surface area contributed by atoms with E-state index in [1.807, 2.05) is 30.3 Å². The molecule has 0 N–H and O–H groups in total. The molecular weight excluding hydrogens is 238 g/mol. The molecule has 1 heterocycles. The smallest absolute Gasteiger partial charge is 0.164 e. The zero-order valence-corrected chi connectivity index (χ0v) is 11.9. The molecule has 1 atom stereocenters. The molecule has 19 heavy (non-hydrogen) atoms. The molecule has 1 fully saturated rings. The van der Waals surface area contributed by atoms with Gasteiger partial charge in [-0.2, -0.15) is 0 Å². The summed E-state index contributed by atoms with van der Waals surface area (Å²) < 4.78 is 5.57. The van der Waals surface area contributed by atoms with Gasteiger partial charge in [-0.1, -0.05) is 30.3 Å². The third-order valence-corrected chi connectivity index (χ3v) is 3.98. The molecule has 1 unspecified atom stereocenters. The number of ether oxygens (including phenoxy) is 1. The number of carbonyl (C=O) groups excluding carboxylic acids is 1. The molecule has 0 radical (unpaired) electrons. The molecule has 3 heteroatoms. The lowest BCUT2D eigenvalue weighted by Gasteiger charge is -2.39. The summed E-state index contributed by atoms with van der Waals surface area (Å²) in [4.78, 5) is 14.4. The monoisotopic (exact) mass is 261 g/mol. The first-order valence-electron chi connectivity index (χ1n) is 6.99. The van der Waals surface area contributed by atoms with Crippen molar-refractivity contribution in [2.75, 3.05) is 26.7 Å². The molecule has 0 bridgehead atoms. The highest BCUT2D eigenvalue weighted by Gasteiger charge is 2.30. The molecule has 2 rings (SSSR count). The van der Waals surface area contributed by atoms with Gasteiger partial charge in [-0.15, -0.1) is 0 Å². The van der Waals surface area contributed by atoms with Gasteiger partial charge in [-0.05, 0) is 26.3 Å². The van der Waals surface area contributed by atoms with Crippen LogP contribution in [0.1, 0.15) is 36.5 Å². The van der Waals surface area contributed by atoms with Crippen LogP contribution in [0, 0.1) is 0 Å². The Morgan fingerprint density at radius 3 is 2.79 bits per heavy atom. The van der Waals surface area contributed by atoms with Crippen LogP contribution in [0.25, 0.3) is 0 Å². The first kappa shape index (κ1) is 14.2. The summed E-state index contributed by atoms with van der Waals surface area (Å²) in [6, 6.07) is 9.54. The Morgan fingerprint density at radius 2 is 2.11 bits per heavy atom. The molecule has 1 aromatic carbocycles. The summed E-state index contributed by atoms with van der Waals surface area (Å²) in [5, 5.41) is 0.